The molecule has 2 aromatic rings. The largest absolute Gasteiger partial charge is 0.318 e. The highest BCUT2D eigenvalue weighted by Gasteiger charge is 2.16. The number of hydrogen-bond acceptors (Lipinski definition) is 5. The lowest BCUT2D eigenvalue weighted by molar-refractivity contribution is 0.859. The molecule has 0 aromatic carbocycles. The maximum absolute atomic E-state index is 6.12. The fourth-order valence-corrected chi connectivity index (χ4v) is 3.14. The molecule has 5 heteroatoms. The summed E-state index contributed by atoms with van der Waals surface area (Å²) in [6, 6.07) is -0.110. The molecule has 0 saturated carbocycles. The third-order valence-electron chi connectivity index (χ3n) is 2.27. The van der Waals surface area contributed by atoms with Gasteiger partial charge in [-0.15, -0.1) is 22.7 Å². The van der Waals surface area contributed by atoms with E-state index in [0.717, 1.165) is 22.0 Å². The molecule has 0 aliphatic heterocycles. The van der Waals surface area contributed by atoms with Crippen molar-refractivity contribution in [3.05, 3.63) is 32.2 Å². The van der Waals surface area contributed by atoms with Crippen molar-refractivity contribution in [1.29, 1.82) is 0 Å². The van der Waals surface area contributed by atoms with E-state index in [9.17, 15) is 0 Å². The Labute approximate surface area is 97.0 Å². The molecule has 0 aliphatic carbocycles. The highest BCUT2D eigenvalue weighted by Crippen LogP contribution is 2.28. The van der Waals surface area contributed by atoms with Gasteiger partial charge in [-0.25, -0.2) is 4.98 Å². The summed E-state index contributed by atoms with van der Waals surface area (Å²) in [6.07, 6.45) is 2.79. The summed E-state index contributed by atoms with van der Waals surface area (Å²) in [5.74, 6) is 0. The zero-order valence-electron chi connectivity index (χ0n) is 8.73. The van der Waals surface area contributed by atoms with E-state index in [0.29, 0.717) is 0 Å². The van der Waals surface area contributed by atoms with Gasteiger partial charge in [-0.05, 0) is 13.3 Å². The van der Waals surface area contributed by atoms with E-state index in [1.165, 1.54) is 4.88 Å². The number of rotatable bonds is 3. The minimum absolute atomic E-state index is 0.110. The molecule has 0 amide bonds. The van der Waals surface area contributed by atoms with Crippen molar-refractivity contribution in [3.8, 4) is 0 Å². The highest BCUT2D eigenvalue weighted by atomic mass is 32.1. The lowest BCUT2D eigenvalue weighted by Gasteiger charge is -2.03. The van der Waals surface area contributed by atoms with Gasteiger partial charge in [0.1, 0.15) is 5.01 Å². The second-order valence-electron chi connectivity index (χ2n) is 3.29. The van der Waals surface area contributed by atoms with Gasteiger partial charge >= 0.3 is 0 Å². The summed E-state index contributed by atoms with van der Waals surface area (Å²) in [7, 11) is 0. The SMILES string of the molecule is CCc1nc(C(N)c2cncs2)sc1C. The fourth-order valence-electron chi connectivity index (χ4n) is 1.41. The predicted octanol–water partition coefficient (Wildman–Crippen LogP) is 2.52. The number of nitrogens with two attached hydrogens (primary N) is 1. The Hall–Kier alpha value is -0.780. The molecule has 80 valence electrons. The molecule has 0 spiro atoms. The second-order valence-corrected chi connectivity index (χ2v) is 5.44. The molecular formula is C10H13N3S2. The Morgan fingerprint density at radius 3 is 2.87 bits per heavy atom. The van der Waals surface area contributed by atoms with E-state index in [1.807, 2.05) is 6.20 Å². The molecular weight excluding hydrogens is 226 g/mol. The van der Waals surface area contributed by atoms with Crippen molar-refractivity contribution < 1.29 is 0 Å². The first-order chi connectivity index (χ1) is 7.22. The summed E-state index contributed by atoms with van der Waals surface area (Å²) in [5, 5.41) is 0.994. The van der Waals surface area contributed by atoms with E-state index in [4.69, 9.17) is 5.73 Å². The quantitative estimate of drug-likeness (QED) is 0.895. The van der Waals surface area contributed by atoms with Crippen LogP contribution in [0.5, 0.6) is 0 Å². The smallest absolute Gasteiger partial charge is 0.115 e. The van der Waals surface area contributed by atoms with Crippen molar-refractivity contribution in [1.82, 2.24) is 9.97 Å². The Morgan fingerprint density at radius 2 is 2.33 bits per heavy atom. The Morgan fingerprint density at radius 1 is 1.53 bits per heavy atom. The average Bonchev–Trinajstić information content (AvgIpc) is 2.85. The molecule has 0 fully saturated rings. The molecule has 1 unspecified atom stereocenters. The number of thiazole rings is 2. The zero-order valence-corrected chi connectivity index (χ0v) is 10.4. The van der Waals surface area contributed by atoms with Crippen molar-refractivity contribution in [2.75, 3.05) is 0 Å². The van der Waals surface area contributed by atoms with E-state index >= 15 is 0 Å². The minimum Gasteiger partial charge on any atom is -0.318 e. The summed E-state index contributed by atoms with van der Waals surface area (Å²) < 4.78 is 0. The average molecular weight is 239 g/mol. The summed E-state index contributed by atoms with van der Waals surface area (Å²) in [4.78, 5) is 10.9. The molecule has 0 saturated heterocycles. The van der Waals surface area contributed by atoms with Gasteiger partial charge in [0.25, 0.3) is 0 Å². The molecule has 2 rings (SSSR count). The Bertz CT molecular complexity index is 433. The molecule has 15 heavy (non-hydrogen) atoms. The molecule has 0 radical (unpaired) electrons. The maximum Gasteiger partial charge on any atom is 0.115 e. The fraction of sp³-hybridized carbons (Fsp3) is 0.400. The molecule has 0 bridgehead atoms. The number of aryl methyl sites for hydroxylation is 2. The van der Waals surface area contributed by atoms with E-state index in [1.54, 1.807) is 28.2 Å². The van der Waals surface area contributed by atoms with Crippen LogP contribution in [0.1, 0.15) is 33.4 Å². The molecule has 1 atom stereocenters. The molecule has 2 aromatic heterocycles. The minimum atomic E-state index is -0.110. The van der Waals surface area contributed by atoms with Crippen LogP contribution in [0.2, 0.25) is 0 Å². The third-order valence-corrected chi connectivity index (χ3v) is 4.22. The van der Waals surface area contributed by atoms with Crippen LogP contribution in [0.25, 0.3) is 0 Å². The first kappa shape index (κ1) is 10.7. The van der Waals surface area contributed by atoms with Gasteiger partial charge in [0.05, 0.1) is 17.2 Å². The first-order valence-corrected chi connectivity index (χ1v) is 6.52. The Balaban J connectivity index is 2.30. The predicted molar refractivity (Wildman–Crippen MR) is 64.4 cm³/mol. The van der Waals surface area contributed by atoms with Crippen molar-refractivity contribution in [2.45, 2.75) is 26.3 Å². The summed E-state index contributed by atoms with van der Waals surface area (Å²) in [5.41, 5.74) is 9.08. The maximum atomic E-state index is 6.12. The van der Waals surface area contributed by atoms with Gasteiger partial charge in [-0.2, -0.15) is 0 Å². The molecule has 3 nitrogen and oxygen atoms in total. The van der Waals surface area contributed by atoms with Gasteiger partial charge in [0.15, 0.2) is 0 Å². The van der Waals surface area contributed by atoms with Crippen LogP contribution in [-0.4, -0.2) is 9.97 Å². The molecule has 2 heterocycles. The van der Waals surface area contributed by atoms with Crippen molar-refractivity contribution in [3.63, 3.8) is 0 Å². The number of hydrogen-bond donors (Lipinski definition) is 1. The van der Waals surface area contributed by atoms with Crippen molar-refractivity contribution in [2.24, 2.45) is 5.73 Å². The van der Waals surface area contributed by atoms with E-state index in [-0.39, 0.29) is 6.04 Å². The third kappa shape index (κ3) is 2.09. The van der Waals surface area contributed by atoms with E-state index < -0.39 is 0 Å². The van der Waals surface area contributed by atoms with Crippen LogP contribution in [0.3, 0.4) is 0 Å². The Kier molecular flexibility index (Phi) is 3.14. The van der Waals surface area contributed by atoms with Gasteiger partial charge in [-0.3, -0.25) is 4.98 Å². The molecule has 2 N–H and O–H groups in total. The van der Waals surface area contributed by atoms with Gasteiger partial charge in [-0.1, -0.05) is 6.92 Å². The van der Waals surface area contributed by atoms with Crippen LogP contribution in [0.4, 0.5) is 0 Å². The summed E-state index contributed by atoms with van der Waals surface area (Å²) >= 11 is 3.27. The number of nitrogens with zero attached hydrogens (tertiary/aromatic N) is 2. The monoisotopic (exact) mass is 239 g/mol. The van der Waals surface area contributed by atoms with Crippen LogP contribution in [0, 0.1) is 6.92 Å². The standard InChI is InChI=1S/C10H13N3S2/c1-3-7-6(2)15-10(13-7)9(11)8-4-12-5-14-8/h4-5,9H,3,11H2,1-2H3. The normalized spacial score (nSPS) is 13.0. The van der Waals surface area contributed by atoms with Crippen LogP contribution in [0.15, 0.2) is 11.7 Å². The lowest BCUT2D eigenvalue weighted by Crippen LogP contribution is -2.09. The van der Waals surface area contributed by atoms with Crippen LogP contribution >= 0.6 is 22.7 Å². The van der Waals surface area contributed by atoms with Crippen LogP contribution in [-0.2, 0) is 6.42 Å². The second kappa shape index (κ2) is 4.38. The molecule has 0 aliphatic rings. The van der Waals surface area contributed by atoms with Gasteiger partial charge < -0.3 is 5.73 Å². The summed E-state index contributed by atoms with van der Waals surface area (Å²) in [6.45, 7) is 4.21. The number of aromatic nitrogens is 2. The lowest BCUT2D eigenvalue weighted by atomic mass is 10.3. The highest BCUT2D eigenvalue weighted by molar-refractivity contribution is 7.12. The van der Waals surface area contributed by atoms with E-state index in [2.05, 4.69) is 23.8 Å². The van der Waals surface area contributed by atoms with Crippen LogP contribution < -0.4 is 5.73 Å². The van der Waals surface area contributed by atoms with Gasteiger partial charge in [0, 0.05) is 16.0 Å². The van der Waals surface area contributed by atoms with Gasteiger partial charge in [0.2, 0.25) is 0 Å². The first-order valence-electron chi connectivity index (χ1n) is 4.82. The van der Waals surface area contributed by atoms with Crippen molar-refractivity contribution >= 4 is 22.7 Å². The topological polar surface area (TPSA) is 51.8 Å². The zero-order chi connectivity index (χ0) is 10.8.